The molecular weight excluding hydrogens is 840 g/mol. The Balaban J connectivity index is 5.37. The number of hydrogen-bond acceptors (Lipinski definition) is 13. The predicted molar refractivity (Wildman–Crippen MR) is 177 cm³/mol. The molecule has 29 heteroatoms. The molecule has 0 aromatic carbocycles. The Morgan fingerprint density at radius 3 is 1.67 bits per heavy atom. The van der Waals surface area contributed by atoms with Gasteiger partial charge in [-0.05, 0) is 38.4 Å². The van der Waals surface area contributed by atoms with Crippen LogP contribution in [0.2, 0.25) is 38.8 Å². The van der Waals surface area contributed by atoms with E-state index in [1.165, 1.54) is 21.3 Å². The summed E-state index contributed by atoms with van der Waals surface area (Å²) in [5.41, 5.74) is 0. The first-order valence-corrected chi connectivity index (χ1v) is 42.5. The van der Waals surface area contributed by atoms with Crippen molar-refractivity contribution in [3.05, 3.63) is 0 Å². The first kappa shape index (κ1) is 48.4. The van der Waals surface area contributed by atoms with E-state index in [1.54, 1.807) is 13.1 Å². The van der Waals surface area contributed by atoms with Crippen molar-refractivity contribution in [2.24, 2.45) is 5.92 Å². The number of halogens is 5. The van der Waals surface area contributed by atoms with Gasteiger partial charge in [-0.15, -0.1) is 0 Å². The fourth-order valence-electron chi connectivity index (χ4n) is 3.96. The molecule has 0 aliphatic rings. The predicted octanol–water partition coefficient (Wildman–Crippen LogP) is 1.41. The Hall–Kier alpha value is 0.396. The minimum atomic E-state index is -5.72. The van der Waals surface area contributed by atoms with Gasteiger partial charge in [0.15, 0.2) is 8.32 Å². The summed E-state index contributed by atoms with van der Waals surface area (Å²) in [6.45, 7) is 8.73. The van der Waals surface area contributed by atoms with E-state index in [9.17, 15) is 53.2 Å². The van der Waals surface area contributed by atoms with E-state index in [0.29, 0.717) is 12.5 Å². The fraction of sp³-hybridized carbons (Fsp3) is 1.00. The zero-order valence-corrected chi connectivity index (χ0v) is 39.7. The van der Waals surface area contributed by atoms with Gasteiger partial charge in [0.25, 0.3) is 0 Å². The third kappa shape index (κ3) is 15.6. The molecule has 0 saturated carbocycles. The largest absolute Gasteiger partial charge is 0.667 e. The normalized spacial score (nSPS) is 14.5. The highest BCUT2D eigenvalue weighted by atomic mass is 30.0. The van der Waals surface area contributed by atoms with Crippen LogP contribution in [-0.4, -0.2) is 141 Å². The molecule has 0 N–H and O–H groups in total. The van der Waals surface area contributed by atoms with E-state index in [-0.39, 0.29) is 25.4 Å². The van der Waals surface area contributed by atoms with Crippen LogP contribution in [-0.2, 0) is 57.8 Å². The summed E-state index contributed by atoms with van der Waals surface area (Å²) in [7, 11) is -31.5. The van der Waals surface area contributed by atoms with Crippen molar-refractivity contribution in [3.63, 3.8) is 0 Å². The monoisotopic (exact) mass is 882 g/mol. The van der Waals surface area contributed by atoms with Crippen LogP contribution < -0.4 is 0 Å². The summed E-state index contributed by atoms with van der Waals surface area (Å²) < 4.78 is 185. The van der Waals surface area contributed by atoms with Crippen LogP contribution in [0.3, 0.4) is 0 Å². The van der Waals surface area contributed by atoms with Crippen LogP contribution in [0.4, 0.5) is 22.0 Å². The van der Waals surface area contributed by atoms with E-state index in [4.69, 9.17) is 21.8 Å². The molecule has 0 radical (unpaired) electrons. The summed E-state index contributed by atoms with van der Waals surface area (Å²) in [6, 6.07) is 0.310. The summed E-state index contributed by atoms with van der Waals surface area (Å²) in [5, 5.41) is 0. The van der Waals surface area contributed by atoms with Gasteiger partial charge >= 0.3 is 75.2 Å². The van der Waals surface area contributed by atoms with Gasteiger partial charge < -0.3 is 57.8 Å². The lowest BCUT2D eigenvalue weighted by atomic mass is 9.98. The maximum absolute atomic E-state index is 13.4. The SMILES string of the molecule is CO[Si](OC)(OC)O[SiH2][Si](=O)[Si](=O)[Si](=O)[Si](=O)[Si](=O)[Si](=O)[Si](=O)[Si](C)(C)CCC(C)C(CCCOCC(F)(F)C(F)(F)F)O[Si](C)(C)C. The Bertz CT molecular complexity index is 1200. The van der Waals surface area contributed by atoms with Crippen molar-refractivity contribution >= 4 is 88.3 Å². The maximum Gasteiger partial charge on any atom is 0.667 e. The van der Waals surface area contributed by atoms with Crippen molar-refractivity contribution in [1.82, 2.24) is 0 Å². The molecule has 48 heavy (non-hydrogen) atoms. The Morgan fingerprint density at radius 2 is 1.21 bits per heavy atom. The third-order valence-corrected chi connectivity index (χ3v) is 78.9. The second-order valence-electron chi connectivity index (χ2n) is 12.4. The van der Waals surface area contributed by atoms with E-state index in [2.05, 4.69) is 4.74 Å². The van der Waals surface area contributed by atoms with Gasteiger partial charge in [-0.25, -0.2) is 0 Å². The van der Waals surface area contributed by atoms with Crippen molar-refractivity contribution in [3.8, 4) is 0 Å². The summed E-state index contributed by atoms with van der Waals surface area (Å²) in [5.74, 6) is -5.18. The quantitative estimate of drug-likeness (QED) is 0.0733. The summed E-state index contributed by atoms with van der Waals surface area (Å²) in [6.07, 6.45) is -5.35. The molecule has 0 fully saturated rings. The molecule has 0 bridgehead atoms. The highest BCUT2D eigenvalue weighted by Gasteiger charge is 2.57. The lowest BCUT2D eigenvalue weighted by Gasteiger charge is -2.32. The first-order valence-electron chi connectivity index (χ1n) is 14.5. The molecule has 0 saturated heterocycles. The lowest BCUT2D eigenvalue weighted by molar-refractivity contribution is -0.296. The molecule has 2 unspecified atom stereocenters. The number of ether oxygens (including phenoxy) is 1. The molecule has 0 rings (SSSR count). The van der Waals surface area contributed by atoms with Crippen molar-refractivity contribution in [1.29, 1.82) is 0 Å². The van der Waals surface area contributed by atoms with Gasteiger partial charge in [0.1, 0.15) is 14.2 Å². The van der Waals surface area contributed by atoms with Crippen LogP contribution in [0, 0.1) is 5.92 Å². The highest BCUT2D eigenvalue weighted by molar-refractivity contribution is 7.75. The van der Waals surface area contributed by atoms with Crippen LogP contribution in [0.1, 0.15) is 26.2 Å². The van der Waals surface area contributed by atoms with Crippen LogP contribution in [0.5, 0.6) is 0 Å². The van der Waals surface area contributed by atoms with Gasteiger partial charge in [-0.1, -0.05) is 32.5 Å². The van der Waals surface area contributed by atoms with E-state index in [0.717, 1.165) is 0 Å². The molecule has 0 heterocycles. The second-order valence-corrected chi connectivity index (χ2v) is 65.6. The minimum absolute atomic E-state index is 0.131. The van der Waals surface area contributed by atoms with Gasteiger partial charge in [0.2, 0.25) is 9.28 Å². The topological polar surface area (TPSA) is 175 Å². The maximum atomic E-state index is 13.4. The van der Waals surface area contributed by atoms with Gasteiger partial charge in [-0.2, -0.15) is 22.0 Å². The fourth-order valence-corrected chi connectivity index (χ4v) is 102. The van der Waals surface area contributed by atoms with Crippen LogP contribution >= 0.6 is 0 Å². The summed E-state index contributed by atoms with van der Waals surface area (Å²) >= 11 is 0. The van der Waals surface area contributed by atoms with Crippen molar-refractivity contribution < 1.29 is 79.7 Å². The minimum Gasteiger partial charge on any atom is -0.414 e. The average molecular weight is 883 g/mol. The van der Waals surface area contributed by atoms with E-state index >= 15 is 0 Å². The molecule has 0 amide bonds. The summed E-state index contributed by atoms with van der Waals surface area (Å²) in [4.78, 5) is 0. The molecule has 0 aliphatic carbocycles. The molecule has 2 atom stereocenters. The second kappa shape index (κ2) is 20.6. The number of alkyl halides is 5. The van der Waals surface area contributed by atoms with E-state index < -0.39 is 113 Å². The molecule has 0 aromatic heterocycles. The smallest absolute Gasteiger partial charge is 0.414 e. The Morgan fingerprint density at radius 1 is 0.729 bits per heavy atom. The highest BCUT2D eigenvalue weighted by Crippen LogP contribution is 2.35. The van der Waals surface area contributed by atoms with Gasteiger partial charge in [-0.3, -0.25) is 0 Å². The van der Waals surface area contributed by atoms with E-state index in [1.807, 2.05) is 26.6 Å². The molecule has 0 spiro atoms. The Kier molecular flexibility index (Phi) is 20.8. The molecule has 276 valence electrons. The molecule has 0 aliphatic heterocycles. The van der Waals surface area contributed by atoms with Gasteiger partial charge in [0, 0.05) is 34.0 Å². The molecular formula is C19H43F5O13Si11. The Labute approximate surface area is 290 Å². The van der Waals surface area contributed by atoms with Crippen molar-refractivity contribution in [2.75, 3.05) is 34.5 Å². The van der Waals surface area contributed by atoms with Crippen LogP contribution in [0.25, 0.3) is 0 Å². The van der Waals surface area contributed by atoms with Crippen molar-refractivity contribution in [2.45, 2.75) is 83.2 Å². The average Bonchev–Trinajstić information content (AvgIpc) is 3.00. The third-order valence-electron chi connectivity index (χ3n) is 6.87. The molecule has 0 aromatic rings. The lowest BCUT2D eigenvalue weighted by Crippen LogP contribution is -2.56. The standard InChI is InChI=1S/C19H43F5O13Si11/c1-16(17(36-46(5,6)7)11-10-13-35-15-18(20,21)19(22,23)24)12-14-47(8,9)45(31)44(30)43(29)42(28)41(27)40(26)39(25)38-37-48(32-2,33-3)34-4/h16-17H,10-15,38H2,1-9H3. The zero-order valence-electron chi connectivity index (χ0n) is 28.3. The first-order chi connectivity index (χ1) is 21.7. The number of hydrogen-bond donors (Lipinski definition) is 0. The zero-order chi connectivity index (χ0) is 37.9. The molecule has 13 nitrogen and oxygen atoms in total. The number of rotatable bonds is 25. The van der Waals surface area contributed by atoms with Gasteiger partial charge in [0.05, 0.1) is 0 Å². The van der Waals surface area contributed by atoms with Crippen LogP contribution in [0.15, 0.2) is 0 Å².